The lowest BCUT2D eigenvalue weighted by atomic mass is 9.83. The maximum Gasteiger partial charge on any atom is 0.0541 e. The van der Waals surface area contributed by atoms with Crippen molar-refractivity contribution >= 4 is 0 Å². The number of aliphatic hydroxyl groups is 2. The average molecular weight is 295 g/mol. The van der Waals surface area contributed by atoms with Crippen LogP contribution in [0.4, 0.5) is 0 Å². The van der Waals surface area contributed by atoms with Crippen molar-refractivity contribution in [2.45, 2.75) is 114 Å². The van der Waals surface area contributed by atoms with Crippen molar-refractivity contribution in [1.82, 2.24) is 4.90 Å². The van der Waals surface area contributed by atoms with Crippen LogP contribution < -0.4 is 0 Å². The van der Waals surface area contributed by atoms with Gasteiger partial charge in [0.1, 0.15) is 0 Å². The lowest BCUT2D eigenvalue weighted by Crippen LogP contribution is -2.52. The Labute approximate surface area is 129 Å². The Hall–Kier alpha value is -0.120. The monoisotopic (exact) mass is 295 g/mol. The summed E-state index contributed by atoms with van der Waals surface area (Å²) in [5, 5.41) is 19.6. The first-order valence-electron chi connectivity index (χ1n) is 9.37. The highest BCUT2D eigenvalue weighted by molar-refractivity contribution is 4.91. The number of aliphatic hydroxyl groups excluding tert-OH is 2. The Balaban J connectivity index is 1.67. The molecular formula is C18H33NO2. The van der Waals surface area contributed by atoms with E-state index < -0.39 is 0 Å². The Kier molecular flexibility index (Phi) is 5.58. The molecule has 0 aromatic carbocycles. The summed E-state index contributed by atoms with van der Waals surface area (Å²) in [5.74, 6) is 0. The minimum Gasteiger partial charge on any atom is -0.393 e. The topological polar surface area (TPSA) is 43.7 Å². The van der Waals surface area contributed by atoms with E-state index in [0.29, 0.717) is 12.1 Å². The van der Waals surface area contributed by atoms with E-state index in [1.54, 1.807) is 0 Å². The van der Waals surface area contributed by atoms with Gasteiger partial charge >= 0.3 is 0 Å². The standard InChI is InChI=1S/C18H33NO2/c20-17-10-6-15(7-11-17)19(14-4-2-1-3-5-14)16-8-12-18(21)13-9-16/h14-18,20-21H,1-13H2. The maximum absolute atomic E-state index is 9.81. The highest BCUT2D eigenvalue weighted by atomic mass is 16.3. The molecule has 122 valence electrons. The quantitative estimate of drug-likeness (QED) is 0.840. The molecule has 3 fully saturated rings. The van der Waals surface area contributed by atoms with Crippen molar-refractivity contribution in [3.05, 3.63) is 0 Å². The molecule has 0 aliphatic heterocycles. The van der Waals surface area contributed by atoms with Gasteiger partial charge < -0.3 is 10.2 Å². The summed E-state index contributed by atoms with van der Waals surface area (Å²) in [4.78, 5) is 2.87. The summed E-state index contributed by atoms with van der Waals surface area (Å²) in [6.45, 7) is 0. The van der Waals surface area contributed by atoms with E-state index >= 15 is 0 Å². The highest BCUT2D eigenvalue weighted by Crippen LogP contribution is 2.36. The molecule has 3 aliphatic rings. The maximum atomic E-state index is 9.81. The molecule has 3 saturated carbocycles. The van der Waals surface area contributed by atoms with Gasteiger partial charge in [0.2, 0.25) is 0 Å². The summed E-state index contributed by atoms with van der Waals surface area (Å²) in [6.07, 6.45) is 15.5. The van der Waals surface area contributed by atoms with Gasteiger partial charge in [-0.15, -0.1) is 0 Å². The minimum absolute atomic E-state index is 0.0531. The Morgan fingerprint density at radius 3 is 1.29 bits per heavy atom. The molecule has 0 atom stereocenters. The predicted molar refractivity (Wildman–Crippen MR) is 85.2 cm³/mol. The third-order valence-electron chi connectivity index (χ3n) is 6.17. The Morgan fingerprint density at radius 1 is 0.476 bits per heavy atom. The number of hydrogen-bond acceptors (Lipinski definition) is 3. The number of hydrogen-bond donors (Lipinski definition) is 2. The van der Waals surface area contributed by atoms with Gasteiger partial charge in [-0.25, -0.2) is 0 Å². The molecule has 0 unspecified atom stereocenters. The van der Waals surface area contributed by atoms with E-state index in [9.17, 15) is 10.2 Å². The second-order valence-electron chi connectivity index (χ2n) is 7.66. The normalized spacial score (nSPS) is 39.6. The Morgan fingerprint density at radius 2 is 0.857 bits per heavy atom. The summed E-state index contributed by atoms with van der Waals surface area (Å²) >= 11 is 0. The van der Waals surface area contributed by atoms with Crippen LogP contribution in [0.1, 0.15) is 83.5 Å². The summed E-state index contributed by atoms with van der Waals surface area (Å²) in [6, 6.07) is 2.16. The molecule has 0 radical (unpaired) electrons. The van der Waals surface area contributed by atoms with Crippen LogP contribution in [0.25, 0.3) is 0 Å². The first kappa shape index (κ1) is 15.8. The minimum atomic E-state index is -0.0531. The van der Waals surface area contributed by atoms with Crippen LogP contribution in [-0.4, -0.2) is 45.4 Å². The van der Waals surface area contributed by atoms with Crippen molar-refractivity contribution in [1.29, 1.82) is 0 Å². The molecule has 3 rings (SSSR count). The highest BCUT2D eigenvalue weighted by Gasteiger charge is 2.36. The fourth-order valence-electron chi connectivity index (χ4n) is 4.99. The molecule has 2 N–H and O–H groups in total. The van der Waals surface area contributed by atoms with Crippen LogP contribution in [0.2, 0.25) is 0 Å². The van der Waals surface area contributed by atoms with Crippen molar-refractivity contribution in [2.75, 3.05) is 0 Å². The van der Waals surface area contributed by atoms with Gasteiger partial charge in [-0.2, -0.15) is 0 Å². The third kappa shape index (κ3) is 4.00. The zero-order valence-corrected chi connectivity index (χ0v) is 13.4. The molecule has 0 bridgehead atoms. The summed E-state index contributed by atoms with van der Waals surface area (Å²) < 4.78 is 0. The first-order chi connectivity index (χ1) is 10.2. The second kappa shape index (κ2) is 7.43. The lowest BCUT2D eigenvalue weighted by Gasteiger charge is -2.48. The van der Waals surface area contributed by atoms with Gasteiger partial charge in [0.05, 0.1) is 12.2 Å². The molecule has 0 aromatic rings. The summed E-state index contributed by atoms with van der Waals surface area (Å²) in [7, 11) is 0. The van der Waals surface area contributed by atoms with Crippen LogP contribution in [0.3, 0.4) is 0 Å². The zero-order valence-electron chi connectivity index (χ0n) is 13.4. The molecule has 0 aromatic heterocycles. The fraction of sp³-hybridized carbons (Fsp3) is 1.00. The van der Waals surface area contributed by atoms with Crippen LogP contribution in [0.15, 0.2) is 0 Å². The SMILES string of the molecule is OC1CCC(N(C2CCCCC2)C2CCC(O)CC2)CC1. The largest absolute Gasteiger partial charge is 0.393 e. The second-order valence-corrected chi connectivity index (χ2v) is 7.66. The third-order valence-corrected chi connectivity index (χ3v) is 6.17. The van der Waals surface area contributed by atoms with E-state index in [2.05, 4.69) is 4.90 Å². The van der Waals surface area contributed by atoms with Crippen molar-refractivity contribution in [3.63, 3.8) is 0 Å². The van der Waals surface area contributed by atoms with E-state index in [-0.39, 0.29) is 12.2 Å². The molecule has 3 heteroatoms. The van der Waals surface area contributed by atoms with Gasteiger partial charge in [-0.3, -0.25) is 4.90 Å². The zero-order chi connectivity index (χ0) is 14.7. The predicted octanol–water partition coefficient (Wildman–Crippen LogP) is 3.23. The van der Waals surface area contributed by atoms with Crippen LogP contribution in [0, 0.1) is 0 Å². The Bertz CT molecular complexity index is 278. The lowest BCUT2D eigenvalue weighted by molar-refractivity contribution is -0.0139. The molecular weight excluding hydrogens is 262 g/mol. The molecule has 0 amide bonds. The molecule has 3 aliphatic carbocycles. The van der Waals surface area contributed by atoms with Gasteiger partial charge in [0.15, 0.2) is 0 Å². The fourth-order valence-corrected chi connectivity index (χ4v) is 4.99. The van der Waals surface area contributed by atoms with E-state index in [4.69, 9.17) is 0 Å². The van der Waals surface area contributed by atoms with E-state index in [0.717, 1.165) is 31.7 Å². The van der Waals surface area contributed by atoms with Crippen molar-refractivity contribution in [3.8, 4) is 0 Å². The van der Waals surface area contributed by atoms with Gasteiger partial charge in [0.25, 0.3) is 0 Å². The number of rotatable bonds is 3. The van der Waals surface area contributed by atoms with Gasteiger partial charge in [-0.1, -0.05) is 19.3 Å². The van der Waals surface area contributed by atoms with E-state index in [1.807, 2.05) is 0 Å². The molecule has 0 heterocycles. The number of nitrogens with zero attached hydrogens (tertiary/aromatic N) is 1. The van der Waals surface area contributed by atoms with Crippen LogP contribution in [0.5, 0.6) is 0 Å². The molecule has 0 spiro atoms. The molecule has 3 nitrogen and oxygen atoms in total. The summed E-state index contributed by atoms with van der Waals surface area (Å²) in [5.41, 5.74) is 0. The van der Waals surface area contributed by atoms with Crippen LogP contribution >= 0.6 is 0 Å². The van der Waals surface area contributed by atoms with Crippen LogP contribution in [-0.2, 0) is 0 Å². The van der Waals surface area contributed by atoms with Gasteiger partial charge in [0, 0.05) is 18.1 Å². The van der Waals surface area contributed by atoms with Crippen molar-refractivity contribution in [2.24, 2.45) is 0 Å². The first-order valence-corrected chi connectivity index (χ1v) is 9.37. The van der Waals surface area contributed by atoms with Gasteiger partial charge in [-0.05, 0) is 64.2 Å². The average Bonchev–Trinajstić information content (AvgIpc) is 2.52. The van der Waals surface area contributed by atoms with E-state index in [1.165, 1.54) is 57.8 Å². The molecule has 21 heavy (non-hydrogen) atoms. The van der Waals surface area contributed by atoms with Crippen molar-refractivity contribution < 1.29 is 10.2 Å². The molecule has 0 saturated heterocycles. The smallest absolute Gasteiger partial charge is 0.0541 e.